The van der Waals surface area contributed by atoms with Gasteiger partial charge >= 0.3 is 96.0 Å². The summed E-state index contributed by atoms with van der Waals surface area (Å²) >= 11 is 0.675. The molecule has 0 saturated carbocycles. The van der Waals surface area contributed by atoms with Crippen LogP contribution in [0.1, 0.15) is 27.7 Å². The maximum atomic E-state index is 11.4. The summed E-state index contributed by atoms with van der Waals surface area (Å²) in [5.41, 5.74) is 0. The van der Waals surface area contributed by atoms with Gasteiger partial charge in [-0.15, -0.1) is 0 Å². The Morgan fingerprint density at radius 2 is 2.00 bits per heavy atom. The Bertz CT molecular complexity index is 211. The molecule has 4 heteroatoms. The van der Waals surface area contributed by atoms with Gasteiger partial charge in [-0.05, 0) is 0 Å². The standard InChI is InChI=1S/C10H18O3.Ga.H/c1-5-13-8(4)10(12)6-9(11)7(2)3;;/h6-8,12H,5H2,1-4H3;;/q;+1;/p-1. The molecule has 79 valence electrons. The summed E-state index contributed by atoms with van der Waals surface area (Å²) in [7, 11) is 0. The molecule has 1 atom stereocenters. The fourth-order valence-corrected chi connectivity index (χ4v) is 1.58. The Morgan fingerprint density at radius 1 is 1.43 bits per heavy atom. The predicted octanol–water partition coefficient (Wildman–Crippen LogP) is 1.35. The van der Waals surface area contributed by atoms with Crippen LogP contribution in [0.2, 0.25) is 0 Å². The molecule has 0 fully saturated rings. The van der Waals surface area contributed by atoms with E-state index in [9.17, 15) is 4.79 Å². The molecule has 0 bridgehead atoms. The second-order valence-corrected chi connectivity index (χ2v) is 3.95. The summed E-state index contributed by atoms with van der Waals surface area (Å²) in [6.45, 7) is 8.17. The molecule has 0 N–H and O–H groups in total. The van der Waals surface area contributed by atoms with Crippen molar-refractivity contribution < 1.29 is 13.1 Å². The predicted molar refractivity (Wildman–Crippen MR) is 57.3 cm³/mol. The zero-order chi connectivity index (χ0) is 11.1. The van der Waals surface area contributed by atoms with Crippen molar-refractivity contribution in [2.75, 3.05) is 6.61 Å². The van der Waals surface area contributed by atoms with Gasteiger partial charge in [0.1, 0.15) is 0 Å². The Morgan fingerprint density at radius 3 is 2.36 bits per heavy atom. The fourth-order valence-electron chi connectivity index (χ4n) is 0.915. The summed E-state index contributed by atoms with van der Waals surface area (Å²) in [6, 6.07) is 0. The quantitative estimate of drug-likeness (QED) is 0.409. The minimum atomic E-state index is -0.128. The van der Waals surface area contributed by atoms with Crippen LogP contribution in [0.15, 0.2) is 11.8 Å². The van der Waals surface area contributed by atoms with E-state index in [4.69, 9.17) is 8.27 Å². The number of ether oxygens (including phenoxy) is 1. The van der Waals surface area contributed by atoms with E-state index >= 15 is 0 Å². The molecule has 0 aromatic rings. The average Bonchev–Trinajstić information content (AvgIpc) is 2.13. The molecule has 14 heavy (non-hydrogen) atoms. The third kappa shape index (κ3) is 4.88. The topological polar surface area (TPSA) is 35.5 Å². The summed E-state index contributed by atoms with van der Waals surface area (Å²) in [6.07, 6.45) is 1.42. The van der Waals surface area contributed by atoms with Gasteiger partial charge in [-0.1, -0.05) is 0 Å². The second-order valence-electron chi connectivity index (χ2n) is 3.35. The summed E-state index contributed by atoms with van der Waals surface area (Å²) in [5.74, 6) is 0.736. The van der Waals surface area contributed by atoms with Gasteiger partial charge in [-0.25, -0.2) is 0 Å². The van der Waals surface area contributed by atoms with Crippen LogP contribution in [0.4, 0.5) is 0 Å². The van der Waals surface area contributed by atoms with Gasteiger partial charge in [0.15, 0.2) is 0 Å². The zero-order valence-corrected chi connectivity index (χ0v) is 12.3. The Kier molecular flexibility index (Phi) is 7.05. The molecule has 0 amide bonds. The van der Waals surface area contributed by atoms with Crippen LogP contribution in [-0.2, 0) is 13.1 Å². The molecule has 1 radical (unpaired) electrons. The Balaban J connectivity index is 4.45. The number of allylic oxidation sites excluding steroid dienone is 1. The molecular weight excluding hydrogens is 238 g/mol. The van der Waals surface area contributed by atoms with E-state index in [-0.39, 0.29) is 17.8 Å². The van der Waals surface area contributed by atoms with E-state index in [1.807, 2.05) is 27.7 Å². The monoisotopic (exact) mass is 255 g/mol. The molecule has 3 nitrogen and oxygen atoms in total. The fraction of sp³-hybridized carbons (Fsp3) is 0.700. The molecule has 1 unspecified atom stereocenters. The van der Waals surface area contributed by atoms with Crippen molar-refractivity contribution in [3.05, 3.63) is 11.8 Å². The number of ketones is 1. The summed E-state index contributed by atoms with van der Waals surface area (Å²) in [5, 5.41) is 0. The van der Waals surface area contributed by atoms with Crippen molar-refractivity contribution in [3.63, 3.8) is 0 Å². The van der Waals surface area contributed by atoms with Gasteiger partial charge in [0.2, 0.25) is 0 Å². The third-order valence-corrected chi connectivity index (χ3v) is 2.54. The van der Waals surface area contributed by atoms with Gasteiger partial charge in [0.05, 0.1) is 0 Å². The van der Waals surface area contributed by atoms with Crippen molar-refractivity contribution in [1.82, 2.24) is 0 Å². The normalized spacial score (nSPS) is 14.2. The van der Waals surface area contributed by atoms with Gasteiger partial charge in [0.25, 0.3) is 0 Å². The molecule has 0 spiro atoms. The van der Waals surface area contributed by atoms with E-state index in [1.54, 1.807) is 6.08 Å². The average molecular weight is 256 g/mol. The first-order valence-corrected chi connectivity index (χ1v) is 6.03. The van der Waals surface area contributed by atoms with E-state index < -0.39 is 0 Å². The first kappa shape index (κ1) is 13.8. The molecule has 0 aliphatic carbocycles. The van der Waals surface area contributed by atoms with Gasteiger partial charge in [-0.3, -0.25) is 0 Å². The van der Waals surface area contributed by atoms with Crippen molar-refractivity contribution in [2.24, 2.45) is 5.92 Å². The molecule has 0 aromatic carbocycles. The van der Waals surface area contributed by atoms with Crippen molar-refractivity contribution in [3.8, 4) is 0 Å². The van der Waals surface area contributed by atoms with E-state index in [0.717, 1.165) is 0 Å². The van der Waals surface area contributed by atoms with E-state index in [2.05, 4.69) is 0 Å². The van der Waals surface area contributed by atoms with E-state index in [1.165, 1.54) is 0 Å². The van der Waals surface area contributed by atoms with Crippen molar-refractivity contribution in [1.29, 1.82) is 0 Å². The number of carbonyl (C=O) groups excluding carboxylic acids is 1. The van der Waals surface area contributed by atoms with Crippen LogP contribution in [0, 0.1) is 5.92 Å². The molecule has 0 rings (SSSR count). The van der Waals surface area contributed by atoms with Gasteiger partial charge in [-0.2, -0.15) is 0 Å². The second kappa shape index (κ2) is 7.14. The number of rotatable bonds is 6. The SMILES string of the molecule is CCOC(C)C(=CC(=O)C(C)C)[O][GaH]. The molecule has 0 saturated heterocycles. The van der Waals surface area contributed by atoms with Gasteiger partial charge < -0.3 is 0 Å². The van der Waals surface area contributed by atoms with Crippen LogP contribution < -0.4 is 0 Å². The first-order chi connectivity index (χ1) is 6.52. The van der Waals surface area contributed by atoms with Crippen LogP contribution in [0.25, 0.3) is 0 Å². The molecular formula is C10H18GaO3. The Labute approximate surface area is 96.2 Å². The van der Waals surface area contributed by atoms with Gasteiger partial charge in [0, 0.05) is 0 Å². The van der Waals surface area contributed by atoms with Crippen molar-refractivity contribution >= 4 is 24.7 Å². The van der Waals surface area contributed by atoms with Crippen LogP contribution >= 0.6 is 0 Å². The number of carbonyl (C=O) groups is 1. The zero-order valence-electron chi connectivity index (χ0n) is 9.37. The van der Waals surface area contributed by atoms with Crippen LogP contribution in [0.3, 0.4) is 0 Å². The van der Waals surface area contributed by atoms with Crippen LogP contribution in [-0.4, -0.2) is 37.5 Å². The number of hydrogen-bond donors (Lipinski definition) is 0. The van der Waals surface area contributed by atoms with Crippen LogP contribution in [0.5, 0.6) is 0 Å². The third-order valence-electron chi connectivity index (χ3n) is 1.84. The maximum absolute atomic E-state index is 11.4. The number of hydrogen-bond acceptors (Lipinski definition) is 3. The van der Waals surface area contributed by atoms with Crippen molar-refractivity contribution in [2.45, 2.75) is 33.8 Å². The molecule has 0 aliphatic rings. The van der Waals surface area contributed by atoms with E-state index in [0.29, 0.717) is 31.3 Å². The molecule has 0 heterocycles. The first-order valence-electron chi connectivity index (χ1n) is 4.82. The summed E-state index contributed by atoms with van der Waals surface area (Å²) in [4.78, 5) is 11.4. The molecule has 0 aromatic heterocycles. The minimum absolute atomic E-state index is 0.00831. The summed E-state index contributed by atoms with van der Waals surface area (Å²) < 4.78 is 10.6. The Hall–Kier alpha value is -0.194. The molecule has 0 aliphatic heterocycles.